The summed E-state index contributed by atoms with van der Waals surface area (Å²) in [5, 5.41) is -0.0383. The summed E-state index contributed by atoms with van der Waals surface area (Å²) < 4.78 is 0. The Morgan fingerprint density at radius 1 is 1.37 bits per heavy atom. The Bertz CT molecular complexity index is 435. The Morgan fingerprint density at radius 3 is 2.74 bits per heavy atom. The minimum atomic E-state index is -0.0383. The summed E-state index contributed by atoms with van der Waals surface area (Å²) in [6, 6.07) is 0.269. The van der Waals surface area contributed by atoms with Crippen molar-refractivity contribution in [3.8, 4) is 0 Å². The van der Waals surface area contributed by atoms with Crippen LogP contribution in [0.1, 0.15) is 41.8 Å². The third kappa shape index (κ3) is 3.44. The average molecular weight is 283 g/mol. The van der Waals surface area contributed by atoms with Gasteiger partial charge in [-0.2, -0.15) is 0 Å². The summed E-state index contributed by atoms with van der Waals surface area (Å²) in [7, 11) is 4.31. The molecule has 19 heavy (non-hydrogen) atoms. The first-order valence-electron chi connectivity index (χ1n) is 6.85. The molecule has 1 aliphatic rings. The molecule has 2 atom stereocenters. The minimum Gasteiger partial charge on any atom is -0.304 e. The summed E-state index contributed by atoms with van der Waals surface area (Å²) in [5.41, 5.74) is 2.02. The van der Waals surface area contributed by atoms with Crippen LogP contribution in [0.2, 0.25) is 0 Å². The molecule has 2 unspecified atom stereocenters. The van der Waals surface area contributed by atoms with Gasteiger partial charge in [-0.25, -0.2) is 9.97 Å². The third-order valence-corrected chi connectivity index (χ3v) is 4.06. The van der Waals surface area contributed by atoms with E-state index in [2.05, 4.69) is 33.9 Å². The number of likely N-dealkylation sites (N-methyl/N-ethyl adjacent to an activating group) is 2. The highest BCUT2D eigenvalue weighted by molar-refractivity contribution is 6.20. The van der Waals surface area contributed by atoms with Crippen LogP contribution in [0.4, 0.5) is 0 Å². The van der Waals surface area contributed by atoms with Crippen molar-refractivity contribution in [3.05, 3.63) is 23.3 Å². The van der Waals surface area contributed by atoms with E-state index in [1.165, 1.54) is 6.42 Å². The number of hydrogen-bond acceptors (Lipinski definition) is 4. The van der Waals surface area contributed by atoms with Gasteiger partial charge in [-0.05, 0) is 47.5 Å². The highest BCUT2D eigenvalue weighted by atomic mass is 35.5. The first-order chi connectivity index (χ1) is 8.99. The quantitative estimate of drug-likeness (QED) is 0.780. The van der Waals surface area contributed by atoms with Gasteiger partial charge >= 0.3 is 0 Å². The maximum atomic E-state index is 6.13. The van der Waals surface area contributed by atoms with Crippen LogP contribution in [-0.2, 0) is 0 Å². The Balaban J connectivity index is 2.27. The molecule has 106 valence electrons. The molecule has 0 aliphatic carbocycles. The zero-order valence-corrected chi connectivity index (χ0v) is 13.0. The number of nitrogens with zero attached hydrogens (tertiary/aromatic N) is 4. The molecule has 0 bridgehead atoms. The molecule has 4 nitrogen and oxygen atoms in total. The molecule has 0 N–H and O–H groups in total. The van der Waals surface area contributed by atoms with Crippen molar-refractivity contribution >= 4 is 11.6 Å². The van der Waals surface area contributed by atoms with Gasteiger partial charge in [-0.1, -0.05) is 0 Å². The molecule has 1 aromatic rings. The molecule has 1 fully saturated rings. The maximum Gasteiger partial charge on any atom is 0.146 e. The normalized spacial score (nSPS) is 24.2. The van der Waals surface area contributed by atoms with Crippen LogP contribution in [0.15, 0.2) is 6.20 Å². The molecule has 2 rings (SSSR count). The Hall–Kier alpha value is -0.710. The van der Waals surface area contributed by atoms with Gasteiger partial charge < -0.3 is 4.90 Å². The molecule has 0 radical (unpaired) electrons. The fraction of sp³-hybridized carbons (Fsp3) is 0.714. The number of aryl methyl sites for hydroxylation is 1. The second-order valence-corrected chi connectivity index (χ2v) is 6.15. The van der Waals surface area contributed by atoms with Crippen molar-refractivity contribution in [2.75, 3.05) is 33.7 Å². The lowest BCUT2D eigenvalue weighted by Crippen LogP contribution is -2.32. The number of rotatable bonds is 2. The summed E-state index contributed by atoms with van der Waals surface area (Å²) in [5.74, 6) is 0.912. The van der Waals surface area contributed by atoms with Gasteiger partial charge in [-0.15, -0.1) is 11.6 Å². The van der Waals surface area contributed by atoms with E-state index < -0.39 is 0 Å². The molecule has 0 amide bonds. The van der Waals surface area contributed by atoms with Gasteiger partial charge in [0.1, 0.15) is 5.82 Å². The average Bonchev–Trinajstić information content (AvgIpc) is 2.50. The number of aromatic nitrogens is 2. The monoisotopic (exact) mass is 282 g/mol. The van der Waals surface area contributed by atoms with Gasteiger partial charge in [0.2, 0.25) is 0 Å². The van der Waals surface area contributed by atoms with E-state index in [1.54, 1.807) is 0 Å². The van der Waals surface area contributed by atoms with Crippen LogP contribution in [0.3, 0.4) is 0 Å². The highest BCUT2D eigenvalue weighted by Crippen LogP contribution is 2.24. The van der Waals surface area contributed by atoms with Crippen molar-refractivity contribution in [3.63, 3.8) is 0 Å². The molecule has 1 aromatic heterocycles. The molecule has 0 spiro atoms. The van der Waals surface area contributed by atoms with Crippen molar-refractivity contribution in [1.29, 1.82) is 0 Å². The van der Waals surface area contributed by atoms with Gasteiger partial charge in [0.25, 0.3) is 0 Å². The van der Waals surface area contributed by atoms with E-state index in [1.807, 2.05) is 20.0 Å². The molecule has 0 aromatic carbocycles. The molecular formula is C14H23ClN4. The third-order valence-electron chi connectivity index (χ3n) is 3.83. The molecular weight excluding hydrogens is 260 g/mol. The van der Waals surface area contributed by atoms with E-state index in [0.29, 0.717) is 0 Å². The van der Waals surface area contributed by atoms with Gasteiger partial charge in [-0.3, -0.25) is 4.90 Å². The Labute approximate surface area is 120 Å². The molecule has 0 saturated carbocycles. The lowest BCUT2D eigenvalue weighted by Gasteiger charge is -2.26. The van der Waals surface area contributed by atoms with Gasteiger partial charge in [0.15, 0.2) is 0 Å². The van der Waals surface area contributed by atoms with Gasteiger partial charge in [0.05, 0.1) is 11.4 Å². The fourth-order valence-corrected chi connectivity index (χ4v) is 2.81. The smallest absolute Gasteiger partial charge is 0.146 e. The first-order valence-corrected chi connectivity index (χ1v) is 7.29. The van der Waals surface area contributed by atoms with Crippen LogP contribution >= 0.6 is 11.6 Å². The van der Waals surface area contributed by atoms with E-state index in [9.17, 15) is 0 Å². The standard InChI is InChI=1S/C14H23ClN4/c1-10(15)12-8-16-14(17-11(12)2)13-9-18(3)6-5-7-19(13)4/h8,10,13H,5-7,9H2,1-4H3. The Kier molecular flexibility index (Phi) is 4.76. The summed E-state index contributed by atoms with van der Waals surface area (Å²) >= 11 is 6.13. The fourth-order valence-electron chi connectivity index (χ4n) is 2.60. The maximum absolute atomic E-state index is 6.13. The largest absolute Gasteiger partial charge is 0.304 e. The SMILES string of the molecule is Cc1nc(C2CN(C)CCCN2C)ncc1C(C)Cl. The van der Waals surface area contributed by atoms with Crippen molar-refractivity contribution in [1.82, 2.24) is 19.8 Å². The highest BCUT2D eigenvalue weighted by Gasteiger charge is 2.25. The van der Waals surface area contributed by atoms with E-state index in [4.69, 9.17) is 11.6 Å². The van der Waals surface area contributed by atoms with Crippen molar-refractivity contribution in [2.45, 2.75) is 31.7 Å². The van der Waals surface area contributed by atoms with Gasteiger partial charge in [0, 0.05) is 24.0 Å². The summed E-state index contributed by atoms with van der Waals surface area (Å²) in [4.78, 5) is 13.9. The summed E-state index contributed by atoms with van der Waals surface area (Å²) in [6.07, 6.45) is 3.08. The molecule has 1 aliphatic heterocycles. The second kappa shape index (κ2) is 6.16. The van der Waals surface area contributed by atoms with Crippen LogP contribution in [0, 0.1) is 6.92 Å². The van der Waals surface area contributed by atoms with E-state index >= 15 is 0 Å². The number of hydrogen-bond donors (Lipinski definition) is 0. The summed E-state index contributed by atoms with van der Waals surface area (Å²) in [6.45, 7) is 7.17. The zero-order valence-electron chi connectivity index (χ0n) is 12.2. The number of alkyl halides is 1. The first kappa shape index (κ1) is 14.7. The van der Waals surface area contributed by atoms with Crippen LogP contribution < -0.4 is 0 Å². The molecule has 2 heterocycles. The van der Waals surface area contributed by atoms with E-state index in [-0.39, 0.29) is 11.4 Å². The zero-order chi connectivity index (χ0) is 14.0. The van der Waals surface area contributed by atoms with Crippen LogP contribution in [-0.4, -0.2) is 53.5 Å². The van der Waals surface area contributed by atoms with Crippen LogP contribution in [0.25, 0.3) is 0 Å². The predicted octanol–water partition coefficient (Wildman–Crippen LogP) is 2.39. The number of halogens is 1. The second-order valence-electron chi connectivity index (χ2n) is 5.50. The predicted molar refractivity (Wildman–Crippen MR) is 78.5 cm³/mol. The molecule has 1 saturated heterocycles. The lowest BCUT2D eigenvalue weighted by atomic mass is 10.1. The topological polar surface area (TPSA) is 32.3 Å². The Morgan fingerprint density at radius 2 is 2.11 bits per heavy atom. The van der Waals surface area contributed by atoms with Crippen LogP contribution in [0.5, 0.6) is 0 Å². The minimum absolute atomic E-state index is 0.0383. The van der Waals surface area contributed by atoms with Crippen molar-refractivity contribution < 1.29 is 0 Å². The van der Waals surface area contributed by atoms with Crippen molar-refractivity contribution in [2.24, 2.45) is 0 Å². The van der Waals surface area contributed by atoms with E-state index in [0.717, 1.165) is 36.7 Å². The molecule has 5 heteroatoms. The lowest BCUT2D eigenvalue weighted by molar-refractivity contribution is 0.219.